The average molecular weight is 303 g/mol. The van der Waals surface area contributed by atoms with Crippen LogP contribution in [-0.2, 0) is 19.6 Å². The summed E-state index contributed by atoms with van der Waals surface area (Å²) < 4.78 is 24.2. The van der Waals surface area contributed by atoms with Crippen molar-refractivity contribution in [2.45, 2.75) is 31.7 Å². The standard InChI is InChI=1S/C12H21N3O4S/c1-20(18,19)15-6-4-9(5-7-15)12(17)13-8-10-2-3-11(16)14-10/h9-10H,2-8H2,1H3,(H,13,17)(H,14,16). The molecule has 0 aliphatic carbocycles. The van der Waals surface area contributed by atoms with Crippen molar-refractivity contribution in [3.05, 3.63) is 0 Å². The zero-order valence-electron chi connectivity index (χ0n) is 11.6. The molecule has 8 heteroatoms. The van der Waals surface area contributed by atoms with Gasteiger partial charge in [0.25, 0.3) is 0 Å². The molecule has 0 spiro atoms. The van der Waals surface area contributed by atoms with Gasteiger partial charge in [-0.25, -0.2) is 12.7 Å². The van der Waals surface area contributed by atoms with Gasteiger partial charge >= 0.3 is 0 Å². The van der Waals surface area contributed by atoms with Crippen molar-refractivity contribution in [2.75, 3.05) is 25.9 Å². The molecule has 0 aromatic carbocycles. The lowest BCUT2D eigenvalue weighted by Crippen LogP contribution is -2.45. The van der Waals surface area contributed by atoms with E-state index in [0.29, 0.717) is 38.9 Å². The Morgan fingerprint density at radius 2 is 2.00 bits per heavy atom. The number of rotatable bonds is 4. The molecule has 0 saturated carbocycles. The molecule has 20 heavy (non-hydrogen) atoms. The van der Waals surface area contributed by atoms with Crippen LogP contribution >= 0.6 is 0 Å². The molecule has 0 aromatic rings. The van der Waals surface area contributed by atoms with E-state index in [1.807, 2.05) is 0 Å². The van der Waals surface area contributed by atoms with E-state index in [0.717, 1.165) is 6.42 Å². The normalized spacial score (nSPS) is 25.4. The highest BCUT2D eigenvalue weighted by molar-refractivity contribution is 7.88. The van der Waals surface area contributed by atoms with Gasteiger partial charge in [-0.05, 0) is 19.3 Å². The van der Waals surface area contributed by atoms with Crippen LogP contribution in [-0.4, -0.2) is 56.5 Å². The molecule has 2 aliphatic heterocycles. The van der Waals surface area contributed by atoms with Crippen LogP contribution in [0.1, 0.15) is 25.7 Å². The Bertz CT molecular complexity index is 483. The number of carbonyl (C=O) groups is 2. The molecule has 0 bridgehead atoms. The van der Waals surface area contributed by atoms with Crippen molar-refractivity contribution in [1.82, 2.24) is 14.9 Å². The highest BCUT2D eigenvalue weighted by Gasteiger charge is 2.29. The number of nitrogens with one attached hydrogen (secondary N) is 2. The Balaban J connectivity index is 1.73. The molecule has 7 nitrogen and oxygen atoms in total. The predicted molar refractivity (Wildman–Crippen MR) is 73.3 cm³/mol. The van der Waals surface area contributed by atoms with E-state index in [2.05, 4.69) is 10.6 Å². The van der Waals surface area contributed by atoms with Crippen LogP contribution in [0.2, 0.25) is 0 Å². The summed E-state index contributed by atoms with van der Waals surface area (Å²) in [4.78, 5) is 23.0. The van der Waals surface area contributed by atoms with E-state index >= 15 is 0 Å². The van der Waals surface area contributed by atoms with E-state index in [1.54, 1.807) is 0 Å². The van der Waals surface area contributed by atoms with E-state index in [9.17, 15) is 18.0 Å². The van der Waals surface area contributed by atoms with Crippen LogP contribution in [0.5, 0.6) is 0 Å². The predicted octanol–water partition coefficient (Wildman–Crippen LogP) is -0.947. The summed E-state index contributed by atoms with van der Waals surface area (Å²) in [7, 11) is -3.15. The van der Waals surface area contributed by atoms with Gasteiger partial charge < -0.3 is 10.6 Å². The van der Waals surface area contributed by atoms with Gasteiger partial charge in [0, 0.05) is 38.0 Å². The Kier molecular flexibility index (Phi) is 4.64. The molecule has 114 valence electrons. The Hall–Kier alpha value is -1.15. The fourth-order valence-corrected chi connectivity index (χ4v) is 3.52. The summed E-state index contributed by atoms with van der Waals surface area (Å²) in [6.07, 6.45) is 3.57. The molecule has 2 rings (SSSR count). The summed E-state index contributed by atoms with van der Waals surface area (Å²) in [5.41, 5.74) is 0. The van der Waals surface area contributed by atoms with Crippen molar-refractivity contribution >= 4 is 21.8 Å². The van der Waals surface area contributed by atoms with Crippen molar-refractivity contribution in [2.24, 2.45) is 5.92 Å². The molecule has 2 fully saturated rings. The van der Waals surface area contributed by atoms with Gasteiger partial charge in [0.2, 0.25) is 21.8 Å². The smallest absolute Gasteiger partial charge is 0.223 e. The third-order valence-electron chi connectivity index (χ3n) is 3.90. The number of piperidine rings is 1. The largest absolute Gasteiger partial charge is 0.354 e. The maximum absolute atomic E-state index is 12.0. The van der Waals surface area contributed by atoms with Crippen LogP contribution in [0, 0.1) is 5.92 Å². The SMILES string of the molecule is CS(=O)(=O)N1CCC(C(=O)NCC2CCC(=O)N2)CC1. The van der Waals surface area contributed by atoms with Crippen molar-refractivity contribution < 1.29 is 18.0 Å². The third kappa shape index (κ3) is 3.92. The lowest BCUT2D eigenvalue weighted by atomic mass is 9.97. The summed E-state index contributed by atoms with van der Waals surface area (Å²) in [6.45, 7) is 1.25. The second-order valence-electron chi connectivity index (χ2n) is 5.48. The lowest BCUT2D eigenvalue weighted by Gasteiger charge is -2.29. The first-order valence-electron chi connectivity index (χ1n) is 6.88. The highest BCUT2D eigenvalue weighted by atomic mass is 32.2. The zero-order chi connectivity index (χ0) is 14.8. The molecular weight excluding hydrogens is 282 g/mol. The summed E-state index contributed by atoms with van der Waals surface area (Å²) >= 11 is 0. The molecule has 1 atom stereocenters. The lowest BCUT2D eigenvalue weighted by molar-refractivity contribution is -0.126. The molecule has 2 aliphatic rings. The summed E-state index contributed by atoms with van der Waals surface area (Å²) in [6, 6.07) is 0.0301. The quantitative estimate of drug-likeness (QED) is 0.700. The molecule has 2 N–H and O–H groups in total. The number of nitrogens with zero attached hydrogens (tertiary/aromatic N) is 1. The molecule has 0 radical (unpaired) electrons. The van der Waals surface area contributed by atoms with Crippen molar-refractivity contribution in [1.29, 1.82) is 0 Å². The first-order valence-corrected chi connectivity index (χ1v) is 8.73. The first kappa shape index (κ1) is 15.2. The second-order valence-corrected chi connectivity index (χ2v) is 7.47. The monoisotopic (exact) mass is 303 g/mol. The maximum Gasteiger partial charge on any atom is 0.223 e. The molecule has 2 heterocycles. The van der Waals surface area contributed by atoms with Gasteiger partial charge in [0.1, 0.15) is 0 Å². The van der Waals surface area contributed by atoms with Gasteiger partial charge in [-0.15, -0.1) is 0 Å². The Morgan fingerprint density at radius 3 is 2.50 bits per heavy atom. The number of amides is 2. The minimum atomic E-state index is -3.15. The van der Waals surface area contributed by atoms with Crippen LogP contribution in [0.15, 0.2) is 0 Å². The third-order valence-corrected chi connectivity index (χ3v) is 5.20. The summed E-state index contributed by atoms with van der Waals surface area (Å²) in [5, 5.41) is 5.64. The van der Waals surface area contributed by atoms with Gasteiger partial charge in [0.05, 0.1) is 6.26 Å². The highest BCUT2D eigenvalue weighted by Crippen LogP contribution is 2.19. The van der Waals surface area contributed by atoms with Crippen LogP contribution in [0.25, 0.3) is 0 Å². The van der Waals surface area contributed by atoms with Crippen molar-refractivity contribution in [3.63, 3.8) is 0 Å². The van der Waals surface area contributed by atoms with Gasteiger partial charge in [-0.2, -0.15) is 0 Å². The minimum absolute atomic E-state index is 0.0301. The fourth-order valence-electron chi connectivity index (χ4n) is 2.65. The van der Waals surface area contributed by atoms with Crippen molar-refractivity contribution in [3.8, 4) is 0 Å². The van der Waals surface area contributed by atoms with Crippen LogP contribution in [0.4, 0.5) is 0 Å². The van der Waals surface area contributed by atoms with E-state index < -0.39 is 10.0 Å². The Morgan fingerprint density at radius 1 is 1.35 bits per heavy atom. The van der Waals surface area contributed by atoms with Gasteiger partial charge in [-0.1, -0.05) is 0 Å². The fraction of sp³-hybridized carbons (Fsp3) is 0.833. The van der Waals surface area contributed by atoms with E-state index in [-0.39, 0.29) is 23.8 Å². The van der Waals surface area contributed by atoms with Crippen LogP contribution < -0.4 is 10.6 Å². The Labute approximate surface area is 119 Å². The molecule has 0 aromatic heterocycles. The molecule has 2 amide bonds. The van der Waals surface area contributed by atoms with E-state index in [1.165, 1.54) is 10.6 Å². The number of hydrogen-bond donors (Lipinski definition) is 2. The number of sulfonamides is 1. The number of carbonyl (C=O) groups excluding carboxylic acids is 2. The van der Waals surface area contributed by atoms with Gasteiger partial charge in [-0.3, -0.25) is 9.59 Å². The maximum atomic E-state index is 12.0. The first-order chi connectivity index (χ1) is 9.36. The zero-order valence-corrected chi connectivity index (χ0v) is 12.4. The minimum Gasteiger partial charge on any atom is -0.354 e. The van der Waals surface area contributed by atoms with E-state index in [4.69, 9.17) is 0 Å². The second kappa shape index (κ2) is 6.09. The molecular formula is C12H21N3O4S. The van der Waals surface area contributed by atoms with Gasteiger partial charge in [0.15, 0.2) is 0 Å². The topological polar surface area (TPSA) is 95.6 Å². The number of hydrogen-bond acceptors (Lipinski definition) is 4. The average Bonchev–Trinajstić information content (AvgIpc) is 2.81. The van der Waals surface area contributed by atoms with Crippen LogP contribution in [0.3, 0.4) is 0 Å². The molecule has 2 saturated heterocycles. The summed E-state index contributed by atoms with van der Waals surface area (Å²) in [5.74, 6) is -0.143. The molecule has 1 unspecified atom stereocenters.